The average Bonchev–Trinajstić information content (AvgIpc) is 3.44. The van der Waals surface area contributed by atoms with Crippen LogP contribution in [0, 0.1) is 0 Å². The first kappa shape index (κ1) is 23.1. The molecule has 0 radical (unpaired) electrons. The third-order valence-electron chi connectivity index (χ3n) is 5.29. The summed E-state index contributed by atoms with van der Waals surface area (Å²) < 4.78 is 8.92. The molecule has 1 aliphatic rings. The predicted octanol–water partition coefficient (Wildman–Crippen LogP) is 6.43. The first-order chi connectivity index (χ1) is 15.5. The molecule has 6 nitrogen and oxygen atoms in total. The summed E-state index contributed by atoms with van der Waals surface area (Å²) in [4.78, 5) is 12.4. The minimum absolute atomic E-state index is 0.153. The van der Waals surface area contributed by atoms with Crippen LogP contribution in [-0.4, -0.2) is 32.5 Å². The fraction of sp³-hybridized carbons (Fsp3) is 0.348. The van der Waals surface area contributed by atoms with Gasteiger partial charge in [-0.2, -0.15) is 0 Å². The molecule has 168 valence electrons. The minimum atomic E-state index is -0.153. The fourth-order valence-corrected chi connectivity index (χ4v) is 5.21. The molecule has 1 amide bonds. The molecule has 0 unspecified atom stereocenters. The molecule has 32 heavy (non-hydrogen) atoms. The average molecular weight is 536 g/mol. The van der Waals surface area contributed by atoms with Crippen molar-refractivity contribution in [3.05, 3.63) is 52.0 Å². The Morgan fingerprint density at radius 3 is 2.66 bits per heavy atom. The maximum atomic E-state index is 12.4. The van der Waals surface area contributed by atoms with Crippen molar-refractivity contribution in [2.24, 2.45) is 0 Å². The zero-order valence-corrected chi connectivity index (χ0v) is 20.8. The third kappa shape index (κ3) is 5.66. The second-order valence-electron chi connectivity index (χ2n) is 7.56. The standard InChI is InChI=1S/C23H24BrClN4O2S/c1-2-29-22(15-7-10-18(11-8-15)31-17-5-3-4-6-17)27-28-23(29)32-14-21(30)26-20-12-9-16(24)13-19(20)25/h7-13,17H,2-6,14H2,1H3,(H,26,30). The highest BCUT2D eigenvalue weighted by Crippen LogP contribution is 2.29. The Kier molecular flexibility index (Phi) is 7.75. The van der Waals surface area contributed by atoms with Gasteiger partial charge in [-0.05, 0) is 75.1 Å². The van der Waals surface area contributed by atoms with Crippen LogP contribution in [0.2, 0.25) is 5.02 Å². The molecule has 1 heterocycles. The van der Waals surface area contributed by atoms with Crippen molar-refractivity contribution < 1.29 is 9.53 Å². The quantitative estimate of drug-likeness (QED) is 0.337. The van der Waals surface area contributed by atoms with Crippen LogP contribution in [0.1, 0.15) is 32.6 Å². The van der Waals surface area contributed by atoms with Crippen LogP contribution in [0.3, 0.4) is 0 Å². The van der Waals surface area contributed by atoms with Gasteiger partial charge in [0, 0.05) is 16.6 Å². The second-order valence-corrected chi connectivity index (χ2v) is 9.83. The number of amides is 1. The van der Waals surface area contributed by atoms with E-state index in [1.54, 1.807) is 12.1 Å². The van der Waals surface area contributed by atoms with Gasteiger partial charge in [0.05, 0.1) is 22.6 Å². The number of nitrogens with zero attached hydrogens (tertiary/aromatic N) is 3. The van der Waals surface area contributed by atoms with Crippen molar-refractivity contribution in [2.45, 2.75) is 50.4 Å². The summed E-state index contributed by atoms with van der Waals surface area (Å²) in [5.74, 6) is 1.72. The first-order valence-electron chi connectivity index (χ1n) is 10.6. The lowest BCUT2D eigenvalue weighted by atomic mass is 10.2. The van der Waals surface area contributed by atoms with Crippen molar-refractivity contribution in [1.82, 2.24) is 14.8 Å². The molecule has 2 aromatic carbocycles. The second kappa shape index (κ2) is 10.7. The van der Waals surface area contributed by atoms with Crippen LogP contribution in [0.4, 0.5) is 5.69 Å². The molecule has 0 spiro atoms. The number of hydrogen-bond acceptors (Lipinski definition) is 5. The number of rotatable bonds is 8. The number of benzene rings is 2. The Labute approximate surface area is 205 Å². The van der Waals surface area contributed by atoms with Gasteiger partial charge < -0.3 is 14.6 Å². The van der Waals surface area contributed by atoms with E-state index in [0.717, 1.165) is 34.5 Å². The Morgan fingerprint density at radius 1 is 1.22 bits per heavy atom. The number of aromatic nitrogens is 3. The zero-order valence-electron chi connectivity index (χ0n) is 17.7. The van der Waals surface area contributed by atoms with E-state index in [0.29, 0.717) is 28.5 Å². The molecule has 1 fully saturated rings. The molecule has 3 aromatic rings. The topological polar surface area (TPSA) is 69.0 Å². The van der Waals surface area contributed by atoms with Crippen LogP contribution < -0.4 is 10.1 Å². The maximum Gasteiger partial charge on any atom is 0.234 e. The lowest BCUT2D eigenvalue weighted by Gasteiger charge is -2.13. The van der Waals surface area contributed by atoms with Crippen LogP contribution in [0.15, 0.2) is 52.1 Å². The molecule has 1 saturated carbocycles. The molecular weight excluding hydrogens is 512 g/mol. The summed E-state index contributed by atoms with van der Waals surface area (Å²) >= 11 is 10.9. The summed E-state index contributed by atoms with van der Waals surface area (Å²) in [6.07, 6.45) is 5.09. The van der Waals surface area contributed by atoms with Gasteiger partial charge in [0.2, 0.25) is 5.91 Å². The molecular formula is C23H24BrClN4O2S. The number of ether oxygens (including phenoxy) is 1. The lowest BCUT2D eigenvalue weighted by Crippen LogP contribution is -2.15. The first-order valence-corrected chi connectivity index (χ1v) is 12.8. The summed E-state index contributed by atoms with van der Waals surface area (Å²) in [7, 11) is 0. The van der Waals surface area contributed by atoms with Gasteiger partial charge in [0.1, 0.15) is 5.75 Å². The van der Waals surface area contributed by atoms with E-state index in [1.807, 2.05) is 41.8 Å². The number of nitrogens with one attached hydrogen (secondary N) is 1. The van der Waals surface area contributed by atoms with E-state index in [4.69, 9.17) is 16.3 Å². The summed E-state index contributed by atoms with van der Waals surface area (Å²) in [5, 5.41) is 12.7. The number of thioether (sulfide) groups is 1. The highest BCUT2D eigenvalue weighted by Gasteiger charge is 2.18. The normalized spacial score (nSPS) is 14.0. The molecule has 1 N–H and O–H groups in total. The Morgan fingerprint density at radius 2 is 1.97 bits per heavy atom. The van der Waals surface area contributed by atoms with Gasteiger partial charge >= 0.3 is 0 Å². The number of carbonyl (C=O) groups is 1. The summed E-state index contributed by atoms with van der Waals surface area (Å²) in [5.41, 5.74) is 1.55. The molecule has 0 bridgehead atoms. The molecule has 4 rings (SSSR count). The van der Waals surface area contributed by atoms with Gasteiger partial charge in [0.15, 0.2) is 11.0 Å². The van der Waals surface area contributed by atoms with Crippen molar-refractivity contribution in [3.8, 4) is 17.1 Å². The highest BCUT2D eigenvalue weighted by atomic mass is 79.9. The monoisotopic (exact) mass is 534 g/mol. The number of hydrogen-bond donors (Lipinski definition) is 1. The highest BCUT2D eigenvalue weighted by molar-refractivity contribution is 9.10. The van der Waals surface area contributed by atoms with Gasteiger partial charge in [-0.1, -0.05) is 39.3 Å². The Balaban J connectivity index is 1.39. The summed E-state index contributed by atoms with van der Waals surface area (Å²) in [6.45, 7) is 2.74. The van der Waals surface area contributed by atoms with E-state index >= 15 is 0 Å². The third-order valence-corrected chi connectivity index (χ3v) is 7.06. The van der Waals surface area contributed by atoms with Gasteiger partial charge in [-0.3, -0.25) is 4.79 Å². The van der Waals surface area contributed by atoms with Crippen LogP contribution >= 0.6 is 39.3 Å². The van der Waals surface area contributed by atoms with E-state index in [9.17, 15) is 4.79 Å². The van der Waals surface area contributed by atoms with Crippen molar-refractivity contribution in [3.63, 3.8) is 0 Å². The Bertz CT molecular complexity index is 1080. The van der Waals surface area contributed by atoms with Crippen LogP contribution in [0.25, 0.3) is 11.4 Å². The maximum absolute atomic E-state index is 12.4. The molecule has 1 aliphatic carbocycles. The SMILES string of the molecule is CCn1c(SCC(=O)Nc2ccc(Br)cc2Cl)nnc1-c1ccc(OC2CCCC2)cc1. The predicted molar refractivity (Wildman–Crippen MR) is 133 cm³/mol. The fourth-order valence-electron chi connectivity index (χ4n) is 3.68. The van der Waals surface area contributed by atoms with Gasteiger partial charge in [-0.15, -0.1) is 10.2 Å². The number of anilines is 1. The molecule has 9 heteroatoms. The molecule has 0 saturated heterocycles. The van der Waals surface area contributed by atoms with Gasteiger partial charge in [0.25, 0.3) is 0 Å². The van der Waals surface area contributed by atoms with E-state index < -0.39 is 0 Å². The number of halogens is 2. The minimum Gasteiger partial charge on any atom is -0.490 e. The number of carbonyl (C=O) groups excluding carboxylic acids is 1. The van der Waals surface area contributed by atoms with E-state index in [2.05, 4.69) is 31.4 Å². The molecule has 0 atom stereocenters. The largest absolute Gasteiger partial charge is 0.490 e. The molecule has 1 aromatic heterocycles. The zero-order chi connectivity index (χ0) is 22.5. The van der Waals surface area contributed by atoms with Crippen molar-refractivity contribution in [1.29, 1.82) is 0 Å². The van der Waals surface area contributed by atoms with Crippen LogP contribution in [-0.2, 0) is 11.3 Å². The van der Waals surface area contributed by atoms with Crippen LogP contribution in [0.5, 0.6) is 5.75 Å². The summed E-state index contributed by atoms with van der Waals surface area (Å²) in [6, 6.07) is 13.3. The van der Waals surface area contributed by atoms with Crippen molar-refractivity contribution >= 4 is 50.9 Å². The molecule has 0 aliphatic heterocycles. The van der Waals surface area contributed by atoms with Gasteiger partial charge in [-0.25, -0.2) is 0 Å². The van der Waals surface area contributed by atoms with E-state index in [1.165, 1.54) is 24.6 Å². The Hall–Kier alpha value is -2.03. The van der Waals surface area contributed by atoms with E-state index in [-0.39, 0.29) is 11.7 Å². The van der Waals surface area contributed by atoms with Crippen molar-refractivity contribution in [2.75, 3.05) is 11.1 Å². The lowest BCUT2D eigenvalue weighted by molar-refractivity contribution is -0.113. The smallest absolute Gasteiger partial charge is 0.234 e.